The normalized spacial score (nSPS) is 20.1. The summed E-state index contributed by atoms with van der Waals surface area (Å²) in [4.78, 5) is 42.0. The fourth-order valence-electron chi connectivity index (χ4n) is 7.38. The maximum atomic E-state index is 14.0. The van der Waals surface area contributed by atoms with E-state index in [0.29, 0.717) is 38.5 Å². The molecule has 3 aromatic heterocycles. The number of pyridine rings is 1. The third-order valence-electron chi connectivity index (χ3n) is 10.0. The Bertz CT molecular complexity index is 2030. The van der Waals surface area contributed by atoms with E-state index in [2.05, 4.69) is 54.4 Å². The van der Waals surface area contributed by atoms with Crippen molar-refractivity contribution in [2.24, 2.45) is 12.5 Å². The topological polar surface area (TPSA) is 116 Å². The van der Waals surface area contributed by atoms with Crippen molar-refractivity contribution in [1.82, 2.24) is 39.7 Å². The zero-order valence-corrected chi connectivity index (χ0v) is 26.7. The standard InChI is InChI=1S/C36H37N9O2/c1-24-19-28(9-14-37-24)33-30-20-29(7-8-31(30)39-40-33)45-18-13-36(35(45)47)12-17-43(22-36)21-32(46)44-15-10-26(11-16-44)25-3-5-27(6-4-25)34-38-23-42(2)41-34/h3-10,14,19-20,23H,11-13,15-18,21-22H2,1-2H3,(H,39,40)/t36-/m1/s1. The van der Waals surface area contributed by atoms with E-state index in [-0.39, 0.29) is 11.8 Å². The van der Waals surface area contributed by atoms with Crippen molar-refractivity contribution >= 4 is 34.0 Å². The van der Waals surface area contributed by atoms with Crippen LogP contribution in [0.15, 0.2) is 73.2 Å². The summed E-state index contributed by atoms with van der Waals surface area (Å²) in [6, 6.07) is 18.4. The molecule has 8 rings (SSSR count). The van der Waals surface area contributed by atoms with Crippen LogP contribution in [-0.4, -0.2) is 90.8 Å². The fraction of sp³-hybridized carbons (Fsp3) is 0.333. The van der Waals surface area contributed by atoms with Crippen LogP contribution >= 0.6 is 0 Å². The van der Waals surface area contributed by atoms with E-state index in [1.165, 1.54) is 5.57 Å². The first kappa shape index (κ1) is 29.3. The summed E-state index contributed by atoms with van der Waals surface area (Å²) in [5.74, 6) is 0.998. The second kappa shape index (κ2) is 11.6. The first-order chi connectivity index (χ1) is 22.8. The van der Waals surface area contributed by atoms with Crippen molar-refractivity contribution in [3.8, 4) is 22.6 Å². The van der Waals surface area contributed by atoms with E-state index in [4.69, 9.17) is 0 Å². The molecule has 0 saturated carbocycles. The lowest BCUT2D eigenvalue weighted by Crippen LogP contribution is -2.43. The van der Waals surface area contributed by atoms with E-state index in [1.807, 2.05) is 60.2 Å². The highest BCUT2D eigenvalue weighted by Gasteiger charge is 2.51. The highest BCUT2D eigenvalue weighted by atomic mass is 16.2. The fourth-order valence-corrected chi connectivity index (χ4v) is 7.38. The second-order valence-electron chi connectivity index (χ2n) is 13.1. The maximum Gasteiger partial charge on any atom is 0.237 e. The van der Waals surface area contributed by atoms with Crippen LogP contribution in [-0.2, 0) is 16.6 Å². The summed E-state index contributed by atoms with van der Waals surface area (Å²) < 4.78 is 1.70. The van der Waals surface area contributed by atoms with Gasteiger partial charge in [0.05, 0.1) is 17.5 Å². The van der Waals surface area contributed by atoms with Gasteiger partial charge >= 0.3 is 0 Å². The van der Waals surface area contributed by atoms with Gasteiger partial charge in [-0.3, -0.25) is 29.3 Å². The number of likely N-dealkylation sites (tertiary alicyclic amines) is 1. The Labute approximate surface area is 272 Å². The molecule has 0 aliphatic carbocycles. The molecule has 11 heteroatoms. The van der Waals surface area contributed by atoms with E-state index < -0.39 is 5.41 Å². The van der Waals surface area contributed by atoms with Gasteiger partial charge in [-0.25, -0.2) is 4.98 Å². The van der Waals surface area contributed by atoms with Crippen molar-refractivity contribution < 1.29 is 9.59 Å². The highest BCUT2D eigenvalue weighted by Crippen LogP contribution is 2.43. The van der Waals surface area contributed by atoms with Crippen LogP contribution in [0.3, 0.4) is 0 Å². The number of rotatable bonds is 6. The number of H-pyrrole nitrogens is 1. The number of hydrogen-bond acceptors (Lipinski definition) is 7. The molecular weight excluding hydrogens is 590 g/mol. The summed E-state index contributed by atoms with van der Waals surface area (Å²) in [7, 11) is 1.86. The van der Waals surface area contributed by atoms with Gasteiger partial charge in [-0.15, -0.1) is 0 Å². The molecule has 2 aromatic carbocycles. The molecule has 0 unspecified atom stereocenters. The predicted molar refractivity (Wildman–Crippen MR) is 180 cm³/mol. The number of fused-ring (bicyclic) bond motifs is 1. The lowest BCUT2D eigenvalue weighted by molar-refractivity contribution is -0.132. The molecule has 5 aromatic rings. The van der Waals surface area contributed by atoms with Crippen LogP contribution in [0.1, 0.15) is 30.5 Å². The molecule has 2 saturated heterocycles. The minimum absolute atomic E-state index is 0.125. The molecular formula is C36H37N9O2. The van der Waals surface area contributed by atoms with Crippen LogP contribution in [0.2, 0.25) is 0 Å². The Morgan fingerprint density at radius 2 is 1.79 bits per heavy atom. The van der Waals surface area contributed by atoms with E-state index >= 15 is 0 Å². The van der Waals surface area contributed by atoms with Crippen molar-refractivity contribution in [2.75, 3.05) is 44.2 Å². The number of nitrogens with zero attached hydrogens (tertiary/aromatic N) is 8. The molecule has 1 atom stereocenters. The lowest BCUT2D eigenvalue weighted by Gasteiger charge is -2.29. The van der Waals surface area contributed by atoms with Crippen LogP contribution in [0.4, 0.5) is 5.69 Å². The van der Waals surface area contributed by atoms with Crippen molar-refractivity contribution in [3.05, 3.63) is 84.5 Å². The molecule has 3 aliphatic rings. The Morgan fingerprint density at radius 3 is 2.55 bits per heavy atom. The number of aromatic amines is 1. The number of nitrogens with one attached hydrogen (secondary N) is 1. The number of aryl methyl sites for hydroxylation is 2. The summed E-state index contributed by atoms with van der Waals surface area (Å²) in [5.41, 5.74) is 7.56. The van der Waals surface area contributed by atoms with Gasteiger partial charge in [0.25, 0.3) is 0 Å². The average Bonchev–Trinajstić information content (AvgIpc) is 3.88. The summed E-state index contributed by atoms with van der Waals surface area (Å²) >= 11 is 0. The smallest absolute Gasteiger partial charge is 0.237 e. The first-order valence-electron chi connectivity index (χ1n) is 16.2. The molecule has 0 bridgehead atoms. The van der Waals surface area contributed by atoms with Gasteiger partial charge in [-0.1, -0.05) is 30.3 Å². The molecule has 0 radical (unpaired) electrons. The minimum atomic E-state index is -0.442. The Morgan fingerprint density at radius 1 is 0.957 bits per heavy atom. The maximum absolute atomic E-state index is 14.0. The quantitative estimate of drug-likeness (QED) is 0.295. The molecule has 11 nitrogen and oxygen atoms in total. The molecule has 238 valence electrons. The Hall–Kier alpha value is -5.16. The van der Waals surface area contributed by atoms with Gasteiger partial charge in [0, 0.05) is 67.3 Å². The van der Waals surface area contributed by atoms with Gasteiger partial charge in [-0.05, 0) is 74.2 Å². The van der Waals surface area contributed by atoms with Crippen molar-refractivity contribution in [1.29, 1.82) is 0 Å². The van der Waals surface area contributed by atoms with Crippen LogP contribution in [0, 0.1) is 12.3 Å². The summed E-state index contributed by atoms with van der Waals surface area (Å²) in [6.45, 7) is 5.65. The van der Waals surface area contributed by atoms with Gasteiger partial charge in [0.15, 0.2) is 5.82 Å². The molecule has 47 heavy (non-hydrogen) atoms. The van der Waals surface area contributed by atoms with E-state index in [0.717, 1.165) is 70.5 Å². The predicted octanol–water partition coefficient (Wildman–Crippen LogP) is 4.47. The lowest BCUT2D eigenvalue weighted by atomic mass is 9.85. The van der Waals surface area contributed by atoms with Gasteiger partial charge in [-0.2, -0.15) is 10.2 Å². The average molecular weight is 628 g/mol. The molecule has 1 N–H and O–H groups in total. The van der Waals surface area contributed by atoms with Crippen LogP contribution in [0.25, 0.3) is 39.1 Å². The second-order valence-corrected chi connectivity index (χ2v) is 13.1. The summed E-state index contributed by atoms with van der Waals surface area (Å²) in [6.07, 6.45) is 8.04. The minimum Gasteiger partial charge on any atom is -0.338 e. The third kappa shape index (κ3) is 5.40. The number of amides is 2. The highest BCUT2D eigenvalue weighted by molar-refractivity contribution is 6.03. The monoisotopic (exact) mass is 627 g/mol. The number of carbonyl (C=O) groups is 2. The Balaban J connectivity index is 0.896. The number of anilines is 1. The van der Waals surface area contributed by atoms with Gasteiger partial charge < -0.3 is 9.80 Å². The molecule has 3 aliphatic heterocycles. The van der Waals surface area contributed by atoms with E-state index in [1.54, 1.807) is 17.2 Å². The first-order valence-corrected chi connectivity index (χ1v) is 16.2. The van der Waals surface area contributed by atoms with Crippen molar-refractivity contribution in [3.63, 3.8) is 0 Å². The zero-order chi connectivity index (χ0) is 32.1. The largest absolute Gasteiger partial charge is 0.338 e. The molecule has 2 fully saturated rings. The zero-order valence-electron chi connectivity index (χ0n) is 26.7. The number of hydrogen-bond donors (Lipinski definition) is 1. The number of carbonyl (C=O) groups excluding carboxylic acids is 2. The van der Waals surface area contributed by atoms with Crippen molar-refractivity contribution in [2.45, 2.75) is 26.2 Å². The summed E-state index contributed by atoms with van der Waals surface area (Å²) in [5, 5.41) is 13.1. The number of aromatic nitrogens is 6. The van der Waals surface area contributed by atoms with Crippen LogP contribution < -0.4 is 4.90 Å². The van der Waals surface area contributed by atoms with Gasteiger partial charge in [0.2, 0.25) is 11.8 Å². The number of benzene rings is 2. The van der Waals surface area contributed by atoms with Gasteiger partial charge in [0.1, 0.15) is 12.0 Å². The molecule has 6 heterocycles. The molecule has 1 spiro atoms. The Kier molecular flexibility index (Phi) is 7.20. The SMILES string of the molecule is Cc1cc(-c2n[nH]c3ccc(N4CC[C@@]5(CCN(CC(=O)N6CC=C(c7ccc(-c8ncn(C)n8)cc7)CC6)C5)C4=O)cc23)ccn1. The third-order valence-corrected chi connectivity index (χ3v) is 10.0. The molecule has 2 amide bonds. The van der Waals surface area contributed by atoms with Crippen LogP contribution in [0.5, 0.6) is 0 Å². The van der Waals surface area contributed by atoms with E-state index in [9.17, 15) is 9.59 Å².